The minimum absolute atomic E-state index is 0.577. The summed E-state index contributed by atoms with van der Waals surface area (Å²) in [6, 6.07) is 3.94. The SMILES string of the molecule is ClC/C=C/CNn1cccc1. The van der Waals surface area contributed by atoms with Crippen molar-refractivity contribution < 1.29 is 0 Å². The molecule has 0 radical (unpaired) electrons. The van der Waals surface area contributed by atoms with Gasteiger partial charge in [-0.1, -0.05) is 12.2 Å². The highest BCUT2D eigenvalue weighted by atomic mass is 35.5. The summed E-state index contributed by atoms with van der Waals surface area (Å²) in [6.45, 7) is 0.807. The van der Waals surface area contributed by atoms with Crippen molar-refractivity contribution in [3.8, 4) is 0 Å². The maximum absolute atomic E-state index is 5.44. The van der Waals surface area contributed by atoms with Crippen LogP contribution in [0.25, 0.3) is 0 Å². The van der Waals surface area contributed by atoms with E-state index in [1.54, 1.807) is 0 Å². The maximum atomic E-state index is 5.44. The third kappa shape index (κ3) is 3.14. The zero-order valence-corrected chi connectivity index (χ0v) is 6.96. The molecule has 0 fully saturated rings. The molecule has 0 aliphatic rings. The smallest absolute Gasteiger partial charge is 0.0495 e. The number of alkyl halides is 1. The molecule has 2 nitrogen and oxygen atoms in total. The summed E-state index contributed by atoms with van der Waals surface area (Å²) in [4.78, 5) is 0. The Kier molecular flexibility index (Phi) is 3.62. The van der Waals surface area contributed by atoms with Crippen LogP contribution in [0.5, 0.6) is 0 Å². The van der Waals surface area contributed by atoms with Gasteiger partial charge in [0.1, 0.15) is 0 Å². The van der Waals surface area contributed by atoms with E-state index in [0.29, 0.717) is 5.88 Å². The van der Waals surface area contributed by atoms with Gasteiger partial charge in [0.05, 0.1) is 0 Å². The van der Waals surface area contributed by atoms with Gasteiger partial charge in [-0.25, -0.2) is 0 Å². The van der Waals surface area contributed by atoms with Gasteiger partial charge >= 0.3 is 0 Å². The monoisotopic (exact) mass is 170 g/mol. The number of hydrogen-bond acceptors (Lipinski definition) is 1. The quantitative estimate of drug-likeness (QED) is 0.539. The lowest BCUT2D eigenvalue weighted by Crippen LogP contribution is -2.11. The number of nitrogens with zero attached hydrogens (tertiary/aromatic N) is 1. The molecule has 1 N–H and O–H groups in total. The average molecular weight is 171 g/mol. The normalized spacial score (nSPS) is 10.6. The van der Waals surface area contributed by atoms with E-state index in [4.69, 9.17) is 11.6 Å². The second kappa shape index (κ2) is 4.85. The van der Waals surface area contributed by atoms with Crippen molar-refractivity contribution in [3.05, 3.63) is 36.7 Å². The predicted octanol–water partition coefficient (Wildman–Crippen LogP) is 1.83. The number of aromatic nitrogens is 1. The van der Waals surface area contributed by atoms with Crippen molar-refractivity contribution in [1.29, 1.82) is 0 Å². The molecule has 1 heterocycles. The fraction of sp³-hybridized carbons (Fsp3) is 0.250. The van der Waals surface area contributed by atoms with Gasteiger partial charge in [0.25, 0.3) is 0 Å². The topological polar surface area (TPSA) is 17.0 Å². The summed E-state index contributed by atoms with van der Waals surface area (Å²) >= 11 is 5.44. The van der Waals surface area contributed by atoms with Crippen molar-refractivity contribution in [2.75, 3.05) is 17.9 Å². The molecule has 3 heteroatoms. The molecule has 0 saturated heterocycles. The Morgan fingerprint density at radius 2 is 2.00 bits per heavy atom. The first-order valence-electron chi connectivity index (χ1n) is 3.51. The largest absolute Gasteiger partial charge is 0.323 e. The van der Waals surface area contributed by atoms with Gasteiger partial charge in [0, 0.05) is 24.8 Å². The molecule has 1 aromatic heterocycles. The van der Waals surface area contributed by atoms with Crippen molar-refractivity contribution in [2.24, 2.45) is 0 Å². The van der Waals surface area contributed by atoms with Crippen LogP contribution in [0.2, 0.25) is 0 Å². The molecule has 11 heavy (non-hydrogen) atoms. The average Bonchev–Trinajstić information content (AvgIpc) is 2.50. The third-order valence-corrected chi connectivity index (χ3v) is 1.43. The molecule has 0 aromatic carbocycles. The molecule has 1 rings (SSSR count). The molecule has 0 aliphatic heterocycles. The predicted molar refractivity (Wildman–Crippen MR) is 48.5 cm³/mol. The van der Waals surface area contributed by atoms with E-state index in [-0.39, 0.29) is 0 Å². The van der Waals surface area contributed by atoms with E-state index in [1.165, 1.54) is 0 Å². The minimum atomic E-state index is 0.577. The van der Waals surface area contributed by atoms with Crippen molar-refractivity contribution >= 4 is 11.6 Å². The lowest BCUT2D eigenvalue weighted by atomic mass is 10.5. The fourth-order valence-electron chi connectivity index (χ4n) is 0.744. The van der Waals surface area contributed by atoms with E-state index >= 15 is 0 Å². The zero-order valence-electron chi connectivity index (χ0n) is 6.20. The second-order valence-electron chi connectivity index (χ2n) is 2.08. The van der Waals surface area contributed by atoms with Gasteiger partial charge in [-0.2, -0.15) is 0 Å². The van der Waals surface area contributed by atoms with Gasteiger partial charge < -0.3 is 5.43 Å². The van der Waals surface area contributed by atoms with Gasteiger partial charge in [-0.3, -0.25) is 4.68 Å². The van der Waals surface area contributed by atoms with Crippen molar-refractivity contribution in [3.63, 3.8) is 0 Å². The van der Waals surface area contributed by atoms with Gasteiger partial charge in [0.15, 0.2) is 0 Å². The van der Waals surface area contributed by atoms with E-state index in [1.807, 2.05) is 41.4 Å². The fourth-order valence-corrected chi connectivity index (χ4v) is 0.870. The van der Waals surface area contributed by atoms with Crippen LogP contribution in [0.3, 0.4) is 0 Å². The molecule has 0 amide bonds. The number of nitrogens with one attached hydrogen (secondary N) is 1. The van der Waals surface area contributed by atoms with Gasteiger partial charge in [-0.05, 0) is 12.1 Å². The Bertz CT molecular complexity index is 204. The lowest BCUT2D eigenvalue weighted by molar-refractivity contribution is 0.898. The number of hydrogen-bond donors (Lipinski definition) is 1. The molecule has 60 valence electrons. The van der Waals surface area contributed by atoms with Crippen LogP contribution in [0.15, 0.2) is 36.7 Å². The van der Waals surface area contributed by atoms with Crippen LogP contribution < -0.4 is 5.43 Å². The maximum Gasteiger partial charge on any atom is 0.0495 e. The molecule has 0 unspecified atom stereocenters. The number of halogens is 1. The standard InChI is InChI=1S/C8H11ClN2/c9-5-1-2-6-10-11-7-3-4-8-11/h1-4,7-8,10H,5-6H2/b2-1+. The first-order valence-corrected chi connectivity index (χ1v) is 4.05. The Morgan fingerprint density at radius 3 is 2.64 bits per heavy atom. The summed E-state index contributed by atoms with van der Waals surface area (Å²) in [5.74, 6) is 0.577. The highest BCUT2D eigenvalue weighted by Gasteiger charge is 1.80. The van der Waals surface area contributed by atoms with Crippen LogP contribution in [-0.2, 0) is 0 Å². The highest BCUT2D eigenvalue weighted by Crippen LogP contribution is 1.84. The number of rotatable bonds is 4. The third-order valence-electron chi connectivity index (χ3n) is 1.25. The van der Waals surface area contributed by atoms with Gasteiger partial charge in [0.2, 0.25) is 0 Å². The van der Waals surface area contributed by atoms with Crippen LogP contribution in [0.4, 0.5) is 0 Å². The van der Waals surface area contributed by atoms with E-state index in [0.717, 1.165) is 6.54 Å². The minimum Gasteiger partial charge on any atom is -0.323 e. The molecule has 0 aliphatic carbocycles. The van der Waals surface area contributed by atoms with Crippen LogP contribution in [-0.4, -0.2) is 17.1 Å². The summed E-state index contributed by atoms with van der Waals surface area (Å²) in [5, 5.41) is 0. The van der Waals surface area contributed by atoms with Crippen molar-refractivity contribution in [1.82, 2.24) is 4.68 Å². The first-order chi connectivity index (χ1) is 5.43. The van der Waals surface area contributed by atoms with Crippen LogP contribution >= 0.6 is 11.6 Å². The van der Waals surface area contributed by atoms with Crippen LogP contribution in [0.1, 0.15) is 0 Å². The number of allylic oxidation sites excluding steroid dienone is 1. The Labute approximate surface area is 71.4 Å². The molecule has 0 bridgehead atoms. The molecular formula is C8H11ClN2. The molecule has 0 saturated carbocycles. The Morgan fingerprint density at radius 1 is 1.27 bits per heavy atom. The van der Waals surface area contributed by atoms with Crippen molar-refractivity contribution in [2.45, 2.75) is 0 Å². The highest BCUT2D eigenvalue weighted by molar-refractivity contribution is 6.18. The lowest BCUT2D eigenvalue weighted by Gasteiger charge is -2.02. The Hall–Kier alpha value is -0.890. The summed E-state index contributed by atoms with van der Waals surface area (Å²) in [6.07, 6.45) is 7.81. The second-order valence-corrected chi connectivity index (χ2v) is 2.39. The molecular weight excluding hydrogens is 160 g/mol. The first kappa shape index (κ1) is 8.21. The molecule has 1 aromatic rings. The van der Waals surface area contributed by atoms with E-state index < -0.39 is 0 Å². The summed E-state index contributed by atoms with van der Waals surface area (Å²) in [5.41, 5.74) is 3.13. The summed E-state index contributed by atoms with van der Waals surface area (Å²) < 4.78 is 1.90. The van der Waals surface area contributed by atoms with E-state index in [2.05, 4.69) is 5.43 Å². The summed E-state index contributed by atoms with van der Waals surface area (Å²) in [7, 11) is 0. The Balaban J connectivity index is 2.19. The molecule has 0 spiro atoms. The molecule has 0 atom stereocenters. The van der Waals surface area contributed by atoms with E-state index in [9.17, 15) is 0 Å². The van der Waals surface area contributed by atoms with Crippen LogP contribution in [0, 0.1) is 0 Å². The zero-order chi connectivity index (χ0) is 7.94. The van der Waals surface area contributed by atoms with Gasteiger partial charge in [-0.15, -0.1) is 11.6 Å².